The summed E-state index contributed by atoms with van der Waals surface area (Å²) < 4.78 is 27.4. The molecule has 1 aromatic carbocycles. The number of benzene rings is 1. The second kappa shape index (κ2) is 5.28. The summed E-state index contributed by atoms with van der Waals surface area (Å²) in [6.07, 6.45) is 0. The number of hydrogen-bond acceptors (Lipinski definition) is 3. The molecule has 0 aliphatic carbocycles. The van der Waals surface area contributed by atoms with Crippen LogP contribution in [0.1, 0.15) is 23.1 Å². The van der Waals surface area contributed by atoms with Crippen LogP contribution in [-0.2, 0) is 6.54 Å². The van der Waals surface area contributed by atoms with Gasteiger partial charge in [-0.15, -0.1) is 0 Å². The van der Waals surface area contributed by atoms with Crippen LogP contribution in [0.2, 0.25) is 0 Å². The van der Waals surface area contributed by atoms with Crippen molar-refractivity contribution in [2.75, 3.05) is 11.1 Å². The lowest BCUT2D eigenvalue weighted by molar-refractivity contribution is 0.101. The van der Waals surface area contributed by atoms with Crippen molar-refractivity contribution >= 4 is 17.3 Å². The Kier molecular flexibility index (Phi) is 3.69. The zero-order valence-corrected chi connectivity index (χ0v) is 11.1. The van der Waals surface area contributed by atoms with E-state index in [1.807, 2.05) is 6.92 Å². The predicted molar refractivity (Wildman–Crippen MR) is 71.4 cm³/mol. The third-order valence-electron chi connectivity index (χ3n) is 2.87. The van der Waals surface area contributed by atoms with Crippen molar-refractivity contribution in [3.63, 3.8) is 0 Å². The molecule has 3 N–H and O–H groups in total. The Bertz CT molecular complexity index is 667. The van der Waals surface area contributed by atoms with Crippen molar-refractivity contribution in [1.82, 2.24) is 9.78 Å². The largest absolute Gasteiger partial charge is 0.395 e. The van der Waals surface area contributed by atoms with Gasteiger partial charge >= 0.3 is 0 Å². The van der Waals surface area contributed by atoms with Crippen LogP contribution in [0.25, 0.3) is 0 Å². The van der Waals surface area contributed by atoms with E-state index in [2.05, 4.69) is 10.4 Å². The van der Waals surface area contributed by atoms with Crippen molar-refractivity contribution in [2.45, 2.75) is 20.4 Å². The molecular weight excluding hydrogens is 266 g/mol. The van der Waals surface area contributed by atoms with E-state index in [1.54, 1.807) is 6.92 Å². The molecule has 2 rings (SSSR count). The molecule has 0 saturated heterocycles. The molecule has 0 aliphatic rings. The van der Waals surface area contributed by atoms with Gasteiger partial charge in [-0.2, -0.15) is 5.10 Å². The van der Waals surface area contributed by atoms with Crippen LogP contribution in [0.5, 0.6) is 0 Å². The minimum absolute atomic E-state index is 0.148. The van der Waals surface area contributed by atoms with Crippen LogP contribution in [0, 0.1) is 18.6 Å². The number of nitrogens with two attached hydrogens (primary N) is 1. The van der Waals surface area contributed by atoms with Gasteiger partial charge in [-0.1, -0.05) is 0 Å². The monoisotopic (exact) mass is 280 g/mol. The number of hydrogen-bond donors (Lipinski definition) is 2. The van der Waals surface area contributed by atoms with E-state index in [0.29, 0.717) is 12.2 Å². The number of nitrogen functional groups attached to an aromatic ring is 1. The molecular formula is C13H14F2N4O. The predicted octanol–water partition coefficient (Wildman–Crippen LogP) is 2.32. The Morgan fingerprint density at radius 2 is 2.10 bits per heavy atom. The minimum atomic E-state index is -1.03. The standard InChI is InChI=1S/C13H14F2N4O/c1-3-19-12(11(16)7(2)18-19)13(20)17-8-4-5-9(14)10(15)6-8/h4-6H,3,16H2,1-2H3,(H,17,20). The van der Waals surface area contributed by atoms with Gasteiger partial charge in [0, 0.05) is 18.3 Å². The normalized spacial score (nSPS) is 10.6. The molecule has 0 saturated carbocycles. The van der Waals surface area contributed by atoms with Crippen LogP contribution in [-0.4, -0.2) is 15.7 Å². The van der Waals surface area contributed by atoms with E-state index >= 15 is 0 Å². The lowest BCUT2D eigenvalue weighted by atomic mass is 10.2. The highest BCUT2D eigenvalue weighted by molar-refractivity contribution is 6.06. The zero-order chi connectivity index (χ0) is 14.9. The van der Waals surface area contributed by atoms with Crippen LogP contribution in [0.15, 0.2) is 18.2 Å². The first-order valence-corrected chi connectivity index (χ1v) is 6.03. The molecule has 1 heterocycles. The fourth-order valence-corrected chi connectivity index (χ4v) is 1.83. The van der Waals surface area contributed by atoms with E-state index in [-0.39, 0.29) is 17.1 Å². The van der Waals surface area contributed by atoms with Gasteiger partial charge in [-0.3, -0.25) is 9.48 Å². The van der Waals surface area contributed by atoms with Crippen molar-refractivity contribution in [1.29, 1.82) is 0 Å². The third-order valence-corrected chi connectivity index (χ3v) is 2.87. The van der Waals surface area contributed by atoms with E-state index in [9.17, 15) is 13.6 Å². The molecule has 2 aromatic rings. The first-order chi connectivity index (χ1) is 9.43. The maximum atomic E-state index is 13.1. The molecule has 0 radical (unpaired) electrons. The molecule has 0 fully saturated rings. The molecule has 0 spiro atoms. The number of halogens is 2. The summed E-state index contributed by atoms with van der Waals surface area (Å²) >= 11 is 0. The van der Waals surface area contributed by atoms with E-state index in [4.69, 9.17) is 5.73 Å². The Labute approximate surface area is 114 Å². The molecule has 0 aliphatic heterocycles. The van der Waals surface area contributed by atoms with Gasteiger partial charge in [0.25, 0.3) is 5.91 Å². The van der Waals surface area contributed by atoms with Crippen LogP contribution in [0.3, 0.4) is 0 Å². The summed E-state index contributed by atoms with van der Waals surface area (Å²) in [6, 6.07) is 3.12. The number of aromatic nitrogens is 2. The molecule has 7 heteroatoms. The number of nitrogens with one attached hydrogen (secondary N) is 1. The molecule has 1 amide bonds. The van der Waals surface area contributed by atoms with Gasteiger partial charge in [0.15, 0.2) is 11.6 Å². The summed E-state index contributed by atoms with van der Waals surface area (Å²) in [5.74, 6) is -2.52. The Balaban J connectivity index is 2.30. The summed E-state index contributed by atoms with van der Waals surface area (Å²) in [5, 5.41) is 6.59. The van der Waals surface area contributed by atoms with Crippen molar-refractivity contribution in [2.24, 2.45) is 0 Å². The van der Waals surface area contributed by atoms with Crippen molar-refractivity contribution in [3.05, 3.63) is 41.2 Å². The minimum Gasteiger partial charge on any atom is -0.395 e. The molecule has 20 heavy (non-hydrogen) atoms. The van der Waals surface area contributed by atoms with E-state index in [0.717, 1.165) is 12.1 Å². The fourth-order valence-electron chi connectivity index (χ4n) is 1.83. The first kappa shape index (κ1) is 14.0. The number of amides is 1. The smallest absolute Gasteiger partial charge is 0.276 e. The number of rotatable bonds is 3. The van der Waals surface area contributed by atoms with E-state index in [1.165, 1.54) is 10.7 Å². The Hall–Kier alpha value is -2.44. The SMILES string of the molecule is CCn1nc(C)c(N)c1C(=O)Nc1ccc(F)c(F)c1. The number of anilines is 2. The molecule has 0 bridgehead atoms. The van der Waals surface area contributed by atoms with Crippen LogP contribution in [0.4, 0.5) is 20.2 Å². The summed E-state index contributed by atoms with van der Waals surface area (Å²) in [5.41, 5.74) is 6.97. The quantitative estimate of drug-likeness (QED) is 0.906. The average molecular weight is 280 g/mol. The molecule has 106 valence electrons. The maximum absolute atomic E-state index is 13.1. The van der Waals surface area contributed by atoms with Gasteiger partial charge in [-0.05, 0) is 26.0 Å². The van der Waals surface area contributed by atoms with Crippen LogP contribution < -0.4 is 11.1 Å². The number of aryl methyl sites for hydroxylation is 2. The maximum Gasteiger partial charge on any atom is 0.276 e. The highest BCUT2D eigenvalue weighted by atomic mass is 19.2. The van der Waals surface area contributed by atoms with Crippen molar-refractivity contribution < 1.29 is 13.6 Å². The van der Waals surface area contributed by atoms with Gasteiger partial charge in [0.05, 0.1) is 11.4 Å². The van der Waals surface area contributed by atoms with Gasteiger partial charge in [-0.25, -0.2) is 8.78 Å². The van der Waals surface area contributed by atoms with Gasteiger partial charge in [0.2, 0.25) is 0 Å². The fraction of sp³-hybridized carbons (Fsp3) is 0.231. The Morgan fingerprint density at radius 3 is 2.70 bits per heavy atom. The second-order valence-electron chi connectivity index (χ2n) is 4.25. The van der Waals surface area contributed by atoms with E-state index < -0.39 is 17.5 Å². The molecule has 1 aromatic heterocycles. The summed E-state index contributed by atoms with van der Waals surface area (Å²) in [7, 11) is 0. The third kappa shape index (κ3) is 2.47. The number of nitrogens with zero attached hydrogens (tertiary/aromatic N) is 2. The number of carbonyl (C=O) groups excluding carboxylic acids is 1. The molecule has 0 atom stereocenters. The summed E-state index contributed by atoms with van der Waals surface area (Å²) in [4.78, 5) is 12.2. The first-order valence-electron chi connectivity index (χ1n) is 6.03. The second-order valence-corrected chi connectivity index (χ2v) is 4.25. The lowest BCUT2D eigenvalue weighted by Crippen LogP contribution is -2.19. The highest BCUT2D eigenvalue weighted by Gasteiger charge is 2.19. The molecule has 5 nitrogen and oxygen atoms in total. The summed E-state index contributed by atoms with van der Waals surface area (Å²) in [6.45, 7) is 3.98. The Morgan fingerprint density at radius 1 is 1.40 bits per heavy atom. The number of carbonyl (C=O) groups is 1. The van der Waals surface area contributed by atoms with Crippen LogP contribution >= 0.6 is 0 Å². The zero-order valence-electron chi connectivity index (χ0n) is 11.1. The highest BCUT2D eigenvalue weighted by Crippen LogP contribution is 2.19. The molecule has 0 unspecified atom stereocenters. The van der Waals surface area contributed by atoms with Gasteiger partial charge in [0.1, 0.15) is 5.69 Å². The average Bonchev–Trinajstić information content (AvgIpc) is 2.69. The van der Waals surface area contributed by atoms with Gasteiger partial charge < -0.3 is 11.1 Å². The van der Waals surface area contributed by atoms with Crippen molar-refractivity contribution in [3.8, 4) is 0 Å². The lowest BCUT2D eigenvalue weighted by Gasteiger charge is -2.08. The topological polar surface area (TPSA) is 72.9 Å².